The average Bonchev–Trinajstić information content (AvgIpc) is 3.30. The highest BCUT2D eigenvalue weighted by Gasteiger charge is 2.26. The lowest BCUT2D eigenvalue weighted by molar-refractivity contribution is -0.0592. The van der Waals surface area contributed by atoms with Gasteiger partial charge in [0.25, 0.3) is 0 Å². The minimum atomic E-state index is -0.458. The molecule has 0 saturated carbocycles. The molecule has 4 aromatic rings. The Hall–Kier alpha value is -4.13. The number of benzene rings is 2. The number of carbonyl (C=O) groups excluding carboxylic acids is 1. The van der Waals surface area contributed by atoms with E-state index in [-0.39, 0.29) is 24.1 Å². The van der Waals surface area contributed by atoms with Crippen LogP contribution in [0.1, 0.15) is 65.1 Å². The number of carbonyl (C=O) groups is 1. The minimum Gasteiger partial charge on any atom is -0.473 e. The number of imidazole rings is 1. The number of fused-ring (bicyclic) bond motifs is 1. The highest BCUT2D eigenvalue weighted by Crippen LogP contribution is 2.30. The standard InChI is InChI=1S/C32H32FN5O3/c1-21(39)24-7-8-29-30(16-24)38(18-26-11-14-40-26)31(35-29)19-37-12-9-23(10-13-37)28-3-2-4-32(36-28)41-20-25-6-5-22(17-34)15-27(25)33/h2-8,15-16,23,26H,9-14,18-20H2,1H3. The van der Waals surface area contributed by atoms with Crippen molar-refractivity contribution < 1.29 is 18.7 Å². The Labute approximate surface area is 238 Å². The quantitative estimate of drug-likeness (QED) is 0.257. The van der Waals surface area contributed by atoms with E-state index in [2.05, 4.69) is 9.47 Å². The monoisotopic (exact) mass is 553 g/mol. The normalized spacial score (nSPS) is 17.7. The van der Waals surface area contributed by atoms with Gasteiger partial charge in [0, 0.05) is 35.4 Å². The van der Waals surface area contributed by atoms with Crippen LogP contribution >= 0.6 is 0 Å². The summed E-state index contributed by atoms with van der Waals surface area (Å²) >= 11 is 0. The van der Waals surface area contributed by atoms with Crippen molar-refractivity contribution in [2.75, 3.05) is 19.7 Å². The number of hydrogen-bond donors (Lipinski definition) is 0. The largest absolute Gasteiger partial charge is 0.473 e. The number of likely N-dealkylation sites (tertiary alicyclic amines) is 1. The number of aromatic nitrogens is 3. The second-order valence-corrected chi connectivity index (χ2v) is 10.8. The summed E-state index contributed by atoms with van der Waals surface area (Å²) in [6, 6.07) is 17.8. The third-order valence-electron chi connectivity index (χ3n) is 8.09. The molecule has 2 saturated heterocycles. The maximum atomic E-state index is 14.2. The number of piperidine rings is 1. The topological polar surface area (TPSA) is 93.3 Å². The summed E-state index contributed by atoms with van der Waals surface area (Å²) in [7, 11) is 0. The van der Waals surface area contributed by atoms with Crippen molar-refractivity contribution in [1.29, 1.82) is 5.26 Å². The zero-order valence-electron chi connectivity index (χ0n) is 23.1. The van der Waals surface area contributed by atoms with Crippen molar-refractivity contribution in [2.45, 2.75) is 57.9 Å². The number of ether oxygens (including phenoxy) is 2. The molecule has 2 aliphatic rings. The van der Waals surface area contributed by atoms with E-state index in [1.807, 2.05) is 36.4 Å². The van der Waals surface area contributed by atoms with E-state index in [1.54, 1.807) is 25.1 Å². The molecule has 2 aromatic carbocycles. The predicted molar refractivity (Wildman–Crippen MR) is 151 cm³/mol. The van der Waals surface area contributed by atoms with E-state index in [4.69, 9.17) is 24.7 Å². The number of nitriles is 1. The number of rotatable bonds is 9. The molecule has 9 heteroatoms. The highest BCUT2D eigenvalue weighted by molar-refractivity contribution is 5.97. The molecule has 0 bridgehead atoms. The maximum Gasteiger partial charge on any atom is 0.213 e. The van der Waals surface area contributed by atoms with E-state index in [0.717, 1.165) is 74.6 Å². The Balaban J connectivity index is 1.10. The molecular formula is C32H32FN5O3. The molecule has 2 aliphatic heterocycles. The van der Waals surface area contributed by atoms with Crippen LogP contribution in [0.25, 0.3) is 11.0 Å². The summed E-state index contributed by atoms with van der Waals surface area (Å²) in [6.07, 6.45) is 3.14. The first-order valence-corrected chi connectivity index (χ1v) is 14.1. The van der Waals surface area contributed by atoms with E-state index < -0.39 is 5.82 Å². The molecule has 1 unspecified atom stereocenters. The van der Waals surface area contributed by atoms with Gasteiger partial charge in [0.15, 0.2) is 5.78 Å². The first kappa shape index (κ1) is 27.1. The lowest BCUT2D eigenvalue weighted by atomic mass is 9.93. The zero-order valence-corrected chi connectivity index (χ0v) is 23.1. The SMILES string of the molecule is CC(=O)c1ccc2nc(CN3CCC(c4cccc(OCc5ccc(C#N)cc5F)n4)CC3)n(CC3CCO3)c2c1. The molecule has 4 heterocycles. The third-order valence-corrected chi connectivity index (χ3v) is 8.09. The van der Waals surface area contributed by atoms with Gasteiger partial charge in [-0.05, 0) is 75.7 Å². The molecule has 0 radical (unpaired) electrons. The Morgan fingerprint density at radius 2 is 1.95 bits per heavy atom. The summed E-state index contributed by atoms with van der Waals surface area (Å²) in [5.74, 6) is 1.36. The molecule has 0 N–H and O–H groups in total. The van der Waals surface area contributed by atoms with Crippen LogP contribution in [0.15, 0.2) is 54.6 Å². The summed E-state index contributed by atoms with van der Waals surface area (Å²) in [6.45, 7) is 5.74. The number of nitrogens with zero attached hydrogens (tertiary/aromatic N) is 5. The van der Waals surface area contributed by atoms with Gasteiger partial charge in [-0.15, -0.1) is 0 Å². The Morgan fingerprint density at radius 3 is 2.66 bits per heavy atom. The van der Waals surface area contributed by atoms with E-state index in [1.165, 1.54) is 6.07 Å². The van der Waals surface area contributed by atoms with Crippen molar-refractivity contribution in [3.63, 3.8) is 0 Å². The van der Waals surface area contributed by atoms with Gasteiger partial charge in [0.05, 0.1) is 41.9 Å². The smallest absolute Gasteiger partial charge is 0.213 e. The van der Waals surface area contributed by atoms with E-state index in [9.17, 15) is 9.18 Å². The molecule has 0 amide bonds. The van der Waals surface area contributed by atoms with Crippen molar-refractivity contribution in [2.24, 2.45) is 0 Å². The molecule has 2 aromatic heterocycles. The molecule has 2 fully saturated rings. The van der Waals surface area contributed by atoms with Crippen molar-refractivity contribution in [3.8, 4) is 11.9 Å². The molecule has 210 valence electrons. The van der Waals surface area contributed by atoms with Crippen LogP contribution in [0.3, 0.4) is 0 Å². The van der Waals surface area contributed by atoms with Crippen LogP contribution < -0.4 is 4.74 Å². The number of ketones is 1. The summed E-state index contributed by atoms with van der Waals surface area (Å²) in [5, 5.41) is 8.94. The lowest BCUT2D eigenvalue weighted by Gasteiger charge is -2.32. The molecule has 0 aliphatic carbocycles. The molecule has 0 spiro atoms. The van der Waals surface area contributed by atoms with Crippen LogP contribution in [0.2, 0.25) is 0 Å². The van der Waals surface area contributed by atoms with Crippen LogP contribution in [-0.4, -0.2) is 51.0 Å². The van der Waals surface area contributed by atoms with Crippen LogP contribution in [0.5, 0.6) is 5.88 Å². The molecule has 1 atom stereocenters. The minimum absolute atomic E-state index is 0.0488. The number of Topliss-reactive ketones (excluding diaryl/α,β-unsaturated/α-hetero) is 1. The van der Waals surface area contributed by atoms with Gasteiger partial charge >= 0.3 is 0 Å². The first-order chi connectivity index (χ1) is 20.0. The van der Waals surface area contributed by atoms with Gasteiger partial charge < -0.3 is 14.0 Å². The number of hydrogen-bond acceptors (Lipinski definition) is 7. The van der Waals surface area contributed by atoms with Gasteiger partial charge in [-0.1, -0.05) is 12.1 Å². The van der Waals surface area contributed by atoms with Gasteiger partial charge in [0.2, 0.25) is 5.88 Å². The number of pyridine rings is 1. The second kappa shape index (κ2) is 11.8. The van der Waals surface area contributed by atoms with E-state index in [0.29, 0.717) is 22.9 Å². The predicted octanol–water partition coefficient (Wildman–Crippen LogP) is 5.39. The molecule has 8 nitrogen and oxygen atoms in total. The van der Waals surface area contributed by atoms with Crippen LogP contribution in [-0.2, 0) is 24.4 Å². The Kier molecular flexibility index (Phi) is 7.77. The second-order valence-electron chi connectivity index (χ2n) is 10.8. The van der Waals surface area contributed by atoms with Gasteiger partial charge in [0.1, 0.15) is 18.2 Å². The Morgan fingerprint density at radius 1 is 1.12 bits per heavy atom. The number of halogens is 1. The third kappa shape index (κ3) is 5.99. The summed E-state index contributed by atoms with van der Waals surface area (Å²) in [4.78, 5) is 24.1. The average molecular weight is 554 g/mol. The van der Waals surface area contributed by atoms with Crippen LogP contribution in [0, 0.1) is 17.1 Å². The van der Waals surface area contributed by atoms with Crippen molar-refractivity contribution >= 4 is 16.8 Å². The van der Waals surface area contributed by atoms with Crippen LogP contribution in [0.4, 0.5) is 4.39 Å². The fourth-order valence-electron chi connectivity index (χ4n) is 5.56. The molecule has 6 rings (SSSR count). The van der Waals surface area contributed by atoms with Gasteiger partial charge in [-0.25, -0.2) is 14.4 Å². The maximum absolute atomic E-state index is 14.2. The molecular weight excluding hydrogens is 521 g/mol. The first-order valence-electron chi connectivity index (χ1n) is 14.1. The fourth-order valence-corrected chi connectivity index (χ4v) is 5.56. The summed E-state index contributed by atoms with van der Waals surface area (Å²) < 4.78 is 28.0. The molecule has 41 heavy (non-hydrogen) atoms. The van der Waals surface area contributed by atoms with Crippen molar-refractivity contribution in [3.05, 3.63) is 88.6 Å². The van der Waals surface area contributed by atoms with E-state index >= 15 is 0 Å². The lowest BCUT2D eigenvalue weighted by Crippen LogP contribution is -2.35. The van der Waals surface area contributed by atoms with Gasteiger partial charge in [-0.3, -0.25) is 9.69 Å². The fraction of sp³-hybridized carbons (Fsp3) is 0.375. The van der Waals surface area contributed by atoms with Gasteiger partial charge in [-0.2, -0.15) is 5.26 Å². The highest BCUT2D eigenvalue weighted by atomic mass is 19.1. The summed E-state index contributed by atoms with van der Waals surface area (Å²) in [5.41, 5.74) is 4.23. The zero-order chi connectivity index (χ0) is 28.3. The Bertz CT molecular complexity index is 1620. The van der Waals surface area contributed by atoms with Crippen molar-refractivity contribution in [1.82, 2.24) is 19.4 Å².